The molecule has 3 aliphatic heterocycles. The molecule has 0 N–H and O–H groups in total. The quantitative estimate of drug-likeness (QED) is 0.741. The highest BCUT2D eigenvalue weighted by atomic mass is 16.5. The van der Waals surface area contributed by atoms with Crippen LogP contribution >= 0.6 is 0 Å². The standard InChI is InChI=1S/C22H29N5O2/c1-3-18-15-27-16-23-20(14-21(27)24-18)25-10-12-26(13-11-25)22(28)9-8-17-6-4-5-7-19(17)29-2/h4-7,14,16,18H,3,8-13,15H2,1-2H3/t18-/m1/s1. The second kappa shape index (κ2) is 8.68. The van der Waals surface area contributed by atoms with Gasteiger partial charge in [-0.3, -0.25) is 9.79 Å². The number of amidine groups is 1. The first-order valence-corrected chi connectivity index (χ1v) is 10.4. The minimum absolute atomic E-state index is 0.203. The molecule has 0 radical (unpaired) electrons. The van der Waals surface area contributed by atoms with Crippen LogP contribution in [0.5, 0.6) is 5.75 Å². The van der Waals surface area contributed by atoms with Crippen LogP contribution in [-0.4, -0.2) is 78.7 Å². The summed E-state index contributed by atoms with van der Waals surface area (Å²) in [6.45, 7) is 6.14. The van der Waals surface area contributed by atoms with Gasteiger partial charge in [-0.2, -0.15) is 0 Å². The molecular weight excluding hydrogens is 366 g/mol. The summed E-state index contributed by atoms with van der Waals surface area (Å²) in [4.78, 5) is 28.4. The fraction of sp³-hybridized carbons (Fsp3) is 0.500. The van der Waals surface area contributed by atoms with Crippen molar-refractivity contribution in [1.29, 1.82) is 0 Å². The van der Waals surface area contributed by atoms with Gasteiger partial charge >= 0.3 is 0 Å². The zero-order valence-corrected chi connectivity index (χ0v) is 17.3. The van der Waals surface area contributed by atoms with E-state index in [0.717, 1.165) is 62.1 Å². The molecule has 3 aliphatic rings. The molecule has 7 nitrogen and oxygen atoms in total. The van der Waals surface area contributed by atoms with Crippen LogP contribution in [0.1, 0.15) is 25.3 Å². The van der Waals surface area contributed by atoms with Crippen molar-refractivity contribution in [3.8, 4) is 5.75 Å². The molecule has 4 rings (SSSR count). The van der Waals surface area contributed by atoms with Gasteiger partial charge in [-0.15, -0.1) is 0 Å². The Hall–Kier alpha value is -2.83. The van der Waals surface area contributed by atoms with Crippen LogP contribution in [0.25, 0.3) is 0 Å². The van der Waals surface area contributed by atoms with Crippen molar-refractivity contribution >= 4 is 18.1 Å². The Kier molecular flexibility index (Phi) is 5.83. The summed E-state index contributed by atoms with van der Waals surface area (Å²) in [6, 6.07) is 8.26. The number of amides is 1. The van der Waals surface area contributed by atoms with Gasteiger partial charge in [0.25, 0.3) is 0 Å². The number of para-hydroxylation sites is 1. The maximum Gasteiger partial charge on any atom is 0.223 e. The zero-order chi connectivity index (χ0) is 20.2. The highest BCUT2D eigenvalue weighted by Crippen LogP contribution is 2.21. The average molecular weight is 396 g/mol. The average Bonchev–Trinajstić information content (AvgIpc) is 3.20. The van der Waals surface area contributed by atoms with E-state index in [1.165, 1.54) is 0 Å². The molecule has 0 unspecified atom stereocenters. The lowest BCUT2D eigenvalue weighted by Gasteiger charge is -2.37. The molecule has 0 bridgehead atoms. The van der Waals surface area contributed by atoms with Crippen LogP contribution < -0.4 is 4.74 Å². The highest BCUT2D eigenvalue weighted by Gasteiger charge is 2.27. The van der Waals surface area contributed by atoms with Gasteiger partial charge in [-0.1, -0.05) is 25.1 Å². The first-order valence-electron chi connectivity index (χ1n) is 10.4. The van der Waals surface area contributed by atoms with Crippen molar-refractivity contribution < 1.29 is 9.53 Å². The number of aliphatic imine (C=N–C) groups is 2. The van der Waals surface area contributed by atoms with Crippen LogP contribution in [0.3, 0.4) is 0 Å². The molecular formula is C22H29N5O2. The van der Waals surface area contributed by atoms with Gasteiger partial charge in [0.05, 0.1) is 19.5 Å². The number of hydrogen-bond acceptors (Lipinski definition) is 6. The van der Waals surface area contributed by atoms with Gasteiger partial charge in [-0.05, 0) is 24.5 Å². The van der Waals surface area contributed by atoms with Gasteiger partial charge in [0, 0.05) is 45.2 Å². The summed E-state index contributed by atoms with van der Waals surface area (Å²) in [5.41, 5.74) is 1.08. The summed E-state index contributed by atoms with van der Waals surface area (Å²) >= 11 is 0. The Balaban J connectivity index is 1.29. The maximum absolute atomic E-state index is 12.7. The van der Waals surface area contributed by atoms with Crippen molar-refractivity contribution in [1.82, 2.24) is 14.7 Å². The van der Waals surface area contributed by atoms with Crippen molar-refractivity contribution in [3.05, 3.63) is 41.7 Å². The molecule has 0 spiro atoms. The molecule has 1 aromatic carbocycles. The summed E-state index contributed by atoms with van der Waals surface area (Å²) in [6.07, 6.45) is 6.23. The summed E-state index contributed by atoms with van der Waals surface area (Å²) in [5, 5.41) is 0. The van der Waals surface area contributed by atoms with Crippen LogP contribution in [0.4, 0.5) is 0 Å². The first kappa shape index (κ1) is 19.5. The van der Waals surface area contributed by atoms with Crippen molar-refractivity contribution in [2.45, 2.75) is 32.2 Å². The van der Waals surface area contributed by atoms with Crippen LogP contribution in [0.15, 0.2) is 46.1 Å². The fourth-order valence-electron chi connectivity index (χ4n) is 4.02. The number of methoxy groups -OCH3 is 1. The molecule has 0 saturated carbocycles. The van der Waals surface area contributed by atoms with E-state index < -0.39 is 0 Å². The second-order valence-corrected chi connectivity index (χ2v) is 7.63. The molecule has 7 heteroatoms. The molecule has 1 saturated heterocycles. The molecule has 0 aromatic heterocycles. The fourth-order valence-corrected chi connectivity index (χ4v) is 4.02. The van der Waals surface area contributed by atoms with Crippen LogP contribution in [0.2, 0.25) is 0 Å². The van der Waals surface area contributed by atoms with Crippen molar-refractivity contribution in [2.75, 3.05) is 39.8 Å². The Morgan fingerprint density at radius 1 is 1.21 bits per heavy atom. The number of carbonyl (C=O) groups excluding carboxylic acids is 1. The number of carbonyl (C=O) groups is 1. The van der Waals surface area contributed by atoms with E-state index in [2.05, 4.69) is 27.8 Å². The third-order valence-electron chi connectivity index (χ3n) is 5.83. The SMILES string of the molecule is CC[C@@H]1CN2C=NC(N3CCN(C(=O)CCc4ccccc4OC)CC3)=CC2=N1. The number of ether oxygens (including phenoxy) is 1. The smallest absolute Gasteiger partial charge is 0.223 e. The van der Waals surface area contributed by atoms with Gasteiger partial charge in [0.2, 0.25) is 5.91 Å². The van der Waals surface area contributed by atoms with E-state index in [4.69, 9.17) is 9.73 Å². The number of benzene rings is 1. The summed E-state index contributed by atoms with van der Waals surface area (Å²) < 4.78 is 5.38. The second-order valence-electron chi connectivity index (χ2n) is 7.63. The molecule has 154 valence electrons. The number of fused-ring (bicyclic) bond motifs is 1. The van der Waals surface area contributed by atoms with E-state index >= 15 is 0 Å². The highest BCUT2D eigenvalue weighted by molar-refractivity contribution is 6.03. The molecule has 3 heterocycles. The van der Waals surface area contributed by atoms with Gasteiger partial charge in [-0.25, -0.2) is 4.99 Å². The number of piperazine rings is 1. The number of nitrogens with zero attached hydrogens (tertiary/aromatic N) is 5. The number of hydrogen-bond donors (Lipinski definition) is 0. The first-order chi connectivity index (χ1) is 14.2. The van der Waals surface area contributed by atoms with Gasteiger partial charge < -0.3 is 19.4 Å². The summed E-state index contributed by atoms with van der Waals surface area (Å²) in [5.74, 6) is 3.02. The largest absolute Gasteiger partial charge is 0.496 e. The van der Waals surface area contributed by atoms with Crippen LogP contribution in [0, 0.1) is 0 Å². The molecule has 1 amide bonds. The van der Waals surface area contributed by atoms with E-state index in [9.17, 15) is 4.79 Å². The molecule has 1 fully saturated rings. The Labute approximate surface area is 172 Å². The Morgan fingerprint density at radius 3 is 2.76 bits per heavy atom. The van der Waals surface area contributed by atoms with Gasteiger partial charge in [0.15, 0.2) is 0 Å². The number of aryl methyl sites for hydroxylation is 1. The monoisotopic (exact) mass is 395 g/mol. The minimum atomic E-state index is 0.203. The minimum Gasteiger partial charge on any atom is -0.496 e. The van der Waals surface area contributed by atoms with E-state index in [0.29, 0.717) is 18.9 Å². The van der Waals surface area contributed by atoms with E-state index in [1.54, 1.807) is 7.11 Å². The molecule has 1 aromatic rings. The van der Waals surface area contributed by atoms with E-state index in [1.807, 2.05) is 35.5 Å². The number of rotatable bonds is 6. The Morgan fingerprint density at radius 2 is 2.00 bits per heavy atom. The molecule has 1 atom stereocenters. The zero-order valence-electron chi connectivity index (χ0n) is 17.3. The lowest BCUT2D eigenvalue weighted by atomic mass is 10.1. The third-order valence-corrected chi connectivity index (χ3v) is 5.83. The predicted molar refractivity (Wildman–Crippen MR) is 114 cm³/mol. The summed E-state index contributed by atoms with van der Waals surface area (Å²) in [7, 11) is 1.67. The lowest BCUT2D eigenvalue weighted by Crippen LogP contribution is -2.48. The van der Waals surface area contributed by atoms with Gasteiger partial charge in [0.1, 0.15) is 17.4 Å². The van der Waals surface area contributed by atoms with Crippen molar-refractivity contribution in [3.63, 3.8) is 0 Å². The van der Waals surface area contributed by atoms with Crippen LogP contribution in [-0.2, 0) is 11.2 Å². The Bertz CT molecular complexity index is 839. The molecule has 0 aliphatic carbocycles. The van der Waals surface area contributed by atoms with E-state index in [-0.39, 0.29) is 5.91 Å². The van der Waals surface area contributed by atoms with Crippen molar-refractivity contribution in [2.24, 2.45) is 9.98 Å². The lowest BCUT2D eigenvalue weighted by molar-refractivity contribution is -0.132. The molecule has 29 heavy (non-hydrogen) atoms. The third kappa shape index (κ3) is 4.28. The predicted octanol–water partition coefficient (Wildman–Crippen LogP) is 2.15. The normalized spacial score (nSPS) is 21.0. The maximum atomic E-state index is 12.7. The topological polar surface area (TPSA) is 60.7 Å².